The molecule has 1 aromatic carbocycles. The summed E-state index contributed by atoms with van der Waals surface area (Å²) in [4.78, 5) is 15.7. The maximum absolute atomic E-state index is 12.5. The molecule has 9 nitrogen and oxygen atoms in total. The number of aromatic nitrogens is 3. The zero-order valence-electron chi connectivity index (χ0n) is 13.4. The van der Waals surface area contributed by atoms with Crippen molar-refractivity contribution in [2.45, 2.75) is 10.1 Å². The summed E-state index contributed by atoms with van der Waals surface area (Å²) in [5.74, 6) is -0.141. The predicted octanol–water partition coefficient (Wildman–Crippen LogP) is 2.70. The fourth-order valence-corrected chi connectivity index (χ4v) is 3.44. The monoisotopic (exact) mass is 437 g/mol. The lowest BCUT2D eigenvalue weighted by Gasteiger charge is -2.11. The Bertz CT molecular complexity index is 946. The number of para-hydroxylation sites is 1. The van der Waals surface area contributed by atoms with Crippen molar-refractivity contribution in [3.63, 3.8) is 0 Å². The van der Waals surface area contributed by atoms with E-state index >= 15 is 0 Å². The van der Waals surface area contributed by atoms with Crippen LogP contribution in [0.1, 0.15) is 0 Å². The second-order valence-electron chi connectivity index (χ2n) is 4.57. The number of sulfonamides is 1. The number of anilines is 1. The largest absolute Gasteiger partial charge is 0.443 e. The number of amides is 2. The molecule has 13 heteroatoms. The van der Waals surface area contributed by atoms with Gasteiger partial charge in [0.2, 0.25) is 5.22 Å². The first kappa shape index (κ1) is 20.4. The number of nitrogens with one attached hydrogen (secondary N) is 2. The van der Waals surface area contributed by atoms with Gasteiger partial charge in [0.1, 0.15) is 10.6 Å². The number of halogens is 2. The van der Waals surface area contributed by atoms with Gasteiger partial charge in [-0.3, -0.25) is 5.32 Å². The van der Waals surface area contributed by atoms with Crippen molar-refractivity contribution in [1.82, 2.24) is 19.5 Å². The summed E-state index contributed by atoms with van der Waals surface area (Å²) in [5, 5.41) is 6.51. The quantitative estimate of drug-likeness (QED) is 0.526. The molecule has 0 aliphatic heterocycles. The molecule has 2 aromatic rings. The number of benzene rings is 1. The van der Waals surface area contributed by atoms with Gasteiger partial charge in [0.15, 0.2) is 5.16 Å². The average Bonchev–Trinajstić information content (AvgIpc) is 2.93. The van der Waals surface area contributed by atoms with Crippen molar-refractivity contribution in [1.29, 1.82) is 0 Å². The molecule has 1 aromatic heterocycles. The SMILES string of the molecule is CSc1nc(NC(=O)NS(=O)(=O)c2ccccc2OC(Cl)=CCl)nn1C. The molecule has 0 aliphatic rings. The fourth-order valence-electron chi connectivity index (χ4n) is 1.79. The number of aryl methyl sites for hydroxylation is 1. The number of rotatable bonds is 6. The standard InChI is InChI=1S/C13H13Cl2N5O4S2/c1-20-13(25-2)17-11(18-20)16-12(21)19-26(22,23)9-6-4-3-5-8(9)24-10(15)7-14/h3-7H,1-2H3,(H2,16,18,19,21). The third-order valence-corrected chi connectivity index (χ3v) is 5.38. The molecule has 26 heavy (non-hydrogen) atoms. The van der Waals surface area contributed by atoms with Crippen molar-refractivity contribution < 1.29 is 17.9 Å². The van der Waals surface area contributed by atoms with E-state index < -0.39 is 16.1 Å². The molecule has 0 saturated heterocycles. The third-order valence-electron chi connectivity index (χ3n) is 2.79. The van der Waals surface area contributed by atoms with Gasteiger partial charge in [0.25, 0.3) is 16.0 Å². The molecule has 0 unspecified atom stereocenters. The zero-order valence-corrected chi connectivity index (χ0v) is 16.6. The van der Waals surface area contributed by atoms with E-state index in [0.717, 1.165) is 5.54 Å². The highest BCUT2D eigenvalue weighted by atomic mass is 35.5. The van der Waals surface area contributed by atoms with E-state index in [2.05, 4.69) is 15.4 Å². The molecule has 0 fully saturated rings. The van der Waals surface area contributed by atoms with E-state index in [1.807, 2.05) is 4.72 Å². The van der Waals surface area contributed by atoms with Gasteiger partial charge in [-0.05, 0) is 30.0 Å². The van der Waals surface area contributed by atoms with Crippen LogP contribution < -0.4 is 14.8 Å². The number of urea groups is 1. The van der Waals surface area contributed by atoms with Gasteiger partial charge in [0.05, 0.1) is 5.54 Å². The maximum Gasteiger partial charge on any atom is 0.335 e. The molecule has 140 valence electrons. The van der Waals surface area contributed by atoms with Gasteiger partial charge in [0, 0.05) is 7.05 Å². The van der Waals surface area contributed by atoms with Crippen molar-refractivity contribution in [2.24, 2.45) is 7.05 Å². The number of hydrogen-bond donors (Lipinski definition) is 2. The third kappa shape index (κ3) is 5.04. The van der Waals surface area contributed by atoms with Gasteiger partial charge >= 0.3 is 6.03 Å². The summed E-state index contributed by atoms with van der Waals surface area (Å²) in [6.07, 6.45) is 1.79. The summed E-state index contributed by atoms with van der Waals surface area (Å²) >= 11 is 12.4. The average molecular weight is 438 g/mol. The van der Waals surface area contributed by atoms with Crippen molar-refractivity contribution >= 4 is 57.0 Å². The van der Waals surface area contributed by atoms with E-state index in [1.54, 1.807) is 13.3 Å². The van der Waals surface area contributed by atoms with Gasteiger partial charge in [-0.2, -0.15) is 4.98 Å². The summed E-state index contributed by atoms with van der Waals surface area (Å²) in [6.45, 7) is 0. The van der Waals surface area contributed by atoms with E-state index in [9.17, 15) is 13.2 Å². The second-order valence-corrected chi connectivity index (χ2v) is 7.58. The minimum absolute atomic E-state index is 0.0396. The molecule has 0 spiro atoms. The lowest BCUT2D eigenvalue weighted by molar-refractivity contribution is 0.256. The van der Waals surface area contributed by atoms with E-state index in [4.69, 9.17) is 27.9 Å². The lowest BCUT2D eigenvalue weighted by atomic mass is 10.3. The van der Waals surface area contributed by atoms with Gasteiger partial charge in [-0.1, -0.05) is 35.5 Å². The lowest BCUT2D eigenvalue weighted by Crippen LogP contribution is -2.34. The maximum atomic E-state index is 12.5. The minimum Gasteiger partial charge on any atom is -0.443 e. The molecule has 0 radical (unpaired) electrons. The Hall–Kier alpha value is -1.95. The molecule has 2 amide bonds. The molecular weight excluding hydrogens is 425 g/mol. The van der Waals surface area contributed by atoms with E-state index in [0.29, 0.717) is 5.16 Å². The first-order valence-electron chi connectivity index (χ1n) is 6.78. The van der Waals surface area contributed by atoms with Crippen LogP contribution in [0.5, 0.6) is 5.75 Å². The smallest absolute Gasteiger partial charge is 0.335 e. The van der Waals surface area contributed by atoms with Crippen LogP contribution in [0.3, 0.4) is 0 Å². The predicted molar refractivity (Wildman–Crippen MR) is 99.0 cm³/mol. The van der Waals surface area contributed by atoms with Crippen LogP contribution in [0.2, 0.25) is 0 Å². The van der Waals surface area contributed by atoms with Crippen LogP contribution in [0.4, 0.5) is 10.7 Å². The van der Waals surface area contributed by atoms with Crippen molar-refractivity contribution in [3.05, 3.63) is 35.0 Å². The molecule has 1 heterocycles. The highest BCUT2D eigenvalue weighted by Gasteiger charge is 2.23. The summed E-state index contributed by atoms with van der Waals surface area (Å²) < 4.78 is 33.3. The van der Waals surface area contributed by atoms with Crippen molar-refractivity contribution in [2.75, 3.05) is 11.6 Å². The zero-order chi connectivity index (χ0) is 19.3. The number of carbonyl (C=O) groups is 1. The first-order valence-corrected chi connectivity index (χ1v) is 10.3. The van der Waals surface area contributed by atoms with Gasteiger partial charge in [-0.15, -0.1) is 5.10 Å². The number of hydrogen-bond acceptors (Lipinski definition) is 7. The van der Waals surface area contributed by atoms with Crippen LogP contribution >= 0.6 is 35.0 Å². The highest BCUT2D eigenvalue weighted by Crippen LogP contribution is 2.26. The number of ether oxygens (including phenoxy) is 1. The molecule has 2 N–H and O–H groups in total. The van der Waals surface area contributed by atoms with Crippen LogP contribution in [-0.2, 0) is 17.1 Å². The number of nitrogens with zero attached hydrogens (tertiary/aromatic N) is 3. The molecule has 0 aliphatic carbocycles. The minimum atomic E-state index is -4.26. The summed E-state index contributed by atoms with van der Waals surface area (Å²) in [7, 11) is -2.62. The Balaban J connectivity index is 2.19. The Labute approximate surface area is 163 Å². The Morgan fingerprint density at radius 1 is 1.38 bits per heavy atom. The van der Waals surface area contributed by atoms with Crippen LogP contribution in [-0.4, -0.2) is 35.5 Å². The second kappa shape index (κ2) is 8.62. The Kier molecular flexibility index (Phi) is 6.75. The Morgan fingerprint density at radius 3 is 2.69 bits per heavy atom. The summed E-state index contributed by atoms with van der Waals surface area (Å²) in [6, 6.07) is 4.57. The van der Waals surface area contributed by atoms with Crippen molar-refractivity contribution in [3.8, 4) is 5.75 Å². The molecule has 0 bridgehead atoms. The highest BCUT2D eigenvalue weighted by molar-refractivity contribution is 7.98. The van der Waals surface area contributed by atoms with Gasteiger partial charge < -0.3 is 4.74 Å². The summed E-state index contributed by atoms with van der Waals surface area (Å²) in [5.41, 5.74) is 0.932. The Morgan fingerprint density at radius 2 is 2.08 bits per heavy atom. The molecule has 2 rings (SSSR count). The van der Waals surface area contributed by atoms with Gasteiger partial charge in [-0.25, -0.2) is 22.6 Å². The van der Waals surface area contributed by atoms with E-state index in [1.165, 1.54) is 40.7 Å². The van der Waals surface area contributed by atoms with Crippen LogP contribution in [0, 0.1) is 0 Å². The molecule has 0 atom stereocenters. The fraction of sp³-hybridized carbons (Fsp3) is 0.154. The number of thioether (sulfide) groups is 1. The molecular formula is C13H13Cl2N5O4S2. The normalized spacial score (nSPS) is 11.9. The van der Waals surface area contributed by atoms with E-state index in [-0.39, 0.29) is 21.8 Å². The van der Waals surface area contributed by atoms with Crippen LogP contribution in [0.25, 0.3) is 0 Å². The number of carbonyl (C=O) groups excluding carboxylic acids is 1. The molecule has 0 saturated carbocycles. The van der Waals surface area contributed by atoms with Crippen LogP contribution in [0.15, 0.2) is 45.1 Å². The topological polar surface area (TPSA) is 115 Å². The first-order chi connectivity index (χ1) is 12.3.